The van der Waals surface area contributed by atoms with Gasteiger partial charge < -0.3 is 10.0 Å². The van der Waals surface area contributed by atoms with E-state index in [9.17, 15) is 4.39 Å². The first-order chi connectivity index (χ1) is 7.68. The van der Waals surface area contributed by atoms with Gasteiger partial charge in [-0.25, -0.2) is 4.39 Å². The lowest BCUT2D eigenvalue weighted by molar-refractivity contribution is 0.425. The highest BCUT2D eigenvalue weighted by Gasteiger charge is 2.12. The Kier molecular flexibility index (Phi) is 2.98. The monoisotopic (exact) mass is 217 g/mol. The summed E-state index contributed by atoms with van der Waals surface area (Å²) >= 11 is 0. The van der Waals surface area contributed by atoms with Crippen LogP contribution in [0.3, 0.4) is 0 Å². The highest BCUT2D eigenvalue weighted by Crippen LogP contribution is 2.18. The molecule has 0 saturated heterocycles. The molecule has 0 spiro atoms. The van der Waals surface area contributed by atoms with Crippen molar-refractivity contribution in [2.24, 2.45) is 0 Å². The summed E-state index contributed by atoms with van der Waals surface area (Å²) in [6, 6.07) is 9.34. The average Bonchev–Trinajstić information content (AvgIpc) is 2.30. The van der Waals surface area contributed by atoms with E-state index in [4.69, 9.17) is 10.0 Å². The Bertz CT molecular complexity index is 488. The lowest BCUT2D eigenvalue weighted by Crippen LogP contribution is -2.29. The lowest BCUT2D eigenvalue weighted by atomic mass is 9.81. The predicted octanol–water partition coefficient (Wildman–Crippen LogP) is 0.567. The molecule has 80 valence electrons. The van der Waals surface area contributed by atoms with Crippen molar-refractivity contribution in [3.63, 3.8) is 0 Å². The first kappa shape index (κ1) is 10.8. The van der Waals surface area contributed by atoms with Crippen molar-refractivity contribution in [1.29, 1.82) is 0 Å². The molecule has 1 aromatic carbocycles. The van der Waals surface area contributed by atoms with Crippen molar-refractivity contribution in [2.45, 2.75) is 0 Å². The first-order valence-corrected chi connectivity index (χ1v) is 4.75. The van der Waals surface area contributed by atoms with Crippen LogP contribution < -0.4 is 5.46 Å². The van der Waals surface area contributed by atoms with Gasteiger partial charge in [0.05, 0.1) is 5.69 Å². The molecule has 0 fully saturated rings. The Morgan fingerprint density at radius 3 is 2.38 bits per heavy atom. The maximum Gasteiger partial charge on any atom is 0.490 e. The largest absolute Gasteiger partial charge is 0.490 e. The number of nitrogens with zero attached hydrogens (tertiary/aromatic N) is 1. The molecule has 0 atom stereocenters. The molecule has 3 nitrogen and oxygen atoms in total. The molecule has 0 aliphatic carbocycles. The first-order valence-electron chi connectivity index (χ1n) is 4.75. The molecule has 0 aliphatic heterocycles. The van der Waals surface area contributed by atoms with Crippen LogP contribution in [0.5, 0.6) is 0 Å². The third kappa shape index (κ3) is 2.10. The molecule has 5 heteroatoms. The van der Waals surface area contributed by atoms with E-state index in [1.807, 2.05) is 0 Å². The van der Waals surface area contributed by atoms with E-state index in [0.29, 0.717) is 11.3 Å². The summed E-state index contributed by atoms with van der Waals surface area (Å²) in [5, 5.41) is 17.8. The second kappa shape index (κ2) is 4.43. The second-order valence-electron chi connectivity index (χ2n) is 3.33. The van der Waals surface area contributed by atoms with Crippen molar-refractivity contribution >= 4 is 12.6 Å². The van der Waals surface area contributed by atoms with Crippen LogP contribution in [0.4, 0.5) is 4.39 Å². The van der Waals surface area contributed by atoms with E-state index in [-0.39, 0.29) is 11.3 Å². The summed E-state index contributed by atoms with van der Waals surface area (Å²) < 4.78 is 13.4. The van der Waals surface area contributed by atoms with Crippen molar-refractivity contribution in [3.8, 4) is 11.3 Å². The standard InChI is InChI=1S/C11H9BFNO2/c13-10-4-2-1-3-9(10)11-6-5-8(7-14-11)12(15)16/h1-7,15-16H. The molecule has 0 unspecified atom stereocenters. The zero-order valence-corrected chi connectivity index (χ0v) is 8.34. The summed E-state index contributed by atoms with van der Waals surface area (Å²) in [6.45, 7) is 0. The molecule has 0 saturated carbocycles. The fourth-order valence-electron chi connectivity index (χ4n) is 1.39. The number of halogens is 1. The van der Waals surface area contributed by atoms with Crippen LogP contribution in [0.2, 0.25) is 0 Å². The van der Waals surface area contributed by atoms with Crippen molar-refractivity contribution in [3.05, 3.63) is 48.4 Å². The van der Waals surface area contributed by atoms with E-state index in [2.05, 4.69) is 4.98 Å². The minimum atomic E-state index is -1.55. The van der Waals surface area contributed by atoms with Crippen LogP contribution in [0.25, 0.3) is 11.3 Å². The fraction of sp³-hybridized carbons (Fsp3) is 0. The van der Waals surface area contributed by atoms with E-state index < -0.39 is 7.12 Å². The Balaban J connectivity index is 2.39. The minimum Gasteiger partial charge on any atom is -0.423 e. The molecule has 2 aromatic rings. The zero-order chi connectivity index (χ0) is 11.5. The van der Waals surface area contributed by atoms with E-state index in [1.54, 1.807) is 24.3 Å². The summed E-state index contributed by atoms with van der Waals surface area (Å²) in [5.41, 5.74) is 1.13. The fourth-order valence-corrected chi connectivity index (χ4v) is 1.39. The van der Waals surface area contributed by atoms with Crippen LogP contribution in [0.15, 0.2) is 42.6 Å². The van der Waals surface area contributed by atoms with Gasteiger partial charge in [0.1, 0.15) is 5.82 Å². The Morgan fingerprint density at radius 2 is 1.81 bits per heavy atom. The maximum absolute atomic E-state index is 13.4. The lowest BCUT2D eigenvalue weighted by Gasteiger charge is -2.03. The summed E-state index contributed by atoms with van der Waals surface area (Å²) in [5.74, 6) is -0.354. The van der Waals surface area contributed by atoms with Crippen LogP contribution >= 0.6 is 0 Å². The number of hydrogen-bond acceptors (Lipinski definition) is 3. The SMILES string of the molecule is OB(O)c1ccc(-c2ccccc2F)nc1. The molecular weight excluding hydrogens is 208 g/mol. The van der Waals surface area contributed by atoms with Crippen molar-refractivity contribution in [1.82, 2.24) is 4.98 Å². The normalized spacial score (nSPS) is 10.2. The van der Waals surface area contributed by atoms with Gasteiger partial charge in [-0.1, -0.05) is 18.2 Å². The van der Waals surface area contributed by atoms with Gasteiger partial charge in [0.25, 0.3) is 0 Å². The predicted molar refractivity (Wildman–Crippen MR) is 59.5 cm³/mol. The summed E-state index contributed by atoms with van der Waals surface area (Å²) in [4.78, 5) is 3.97. The minimum absolute atomic E-state index is 0.278. The molecule has 0 aliphatic rings. The van der Waals surface area contributed by atoms with Gasteiger partial charge in [0.2, 0.25) is 0 Å². The van der Waals surface area contributed by atoms with Crippen molar-refractivity contribution < 1.29 is 14.4 Å². The summed E-state index contributed by atoms with van der Waals surface area (Å²) in [7, 11) is -1.55. The number of hydrogen-bond donors (Lipinski definition) is 2. The highest BCUT2D eigenvalue weighted by molar-refractivity contribution is 6.58. The molecule has 1 aromatic heterocycles. The van der Waals surface area contributed by atoms with Gasteiger partial charge in [0, 0.05) is 17.2 Å². The Morgan fingerprint density at radius 1 is 1.06 bits per heavy atom. The van der Waals surface area contributed by atoms with E-state index >= 15 is 0 Å². The van der Waals surface area contributed by atoms with Gasteiger partial charge >= 0.3 is 7.12 Å². The second-order valence-corrected chi connectivity index (χ2v) is 3.33. The third-order valence-corrected chi connectivity index (χ3v) is 2.23. The number of rotatable bonds is 2. The number of pyridine rings is 1. The van der Waals surface area contributed by atoms with E-state index in [1.165, 1.54) is 18.3 Å². The molecule has 0 radical (unpaired) electrons. The smallest absolute Gasteiger partial charge is 0.423 e. The number of aromatic nitrogens is 1. The molecule has 16 heavy (non-hydrogen) atoms. The molecule has 1 heterocycles. The molecule has 0 bridgehead atoms. The summed E-state index contributed by atoms with van der Waals surface area (Å²) in [6.07, 6.45) is 1.31. The molecular formula is C11H9BFNO2. The molecule has 2 N–H and O–H groups in total. The third-order valence-electron chi connectivity index (χ3n) is 2.23. The molecule has 0 amide bonds. The maximum atomic E-state index is 13.4. The Labute approximate surface area is 92.4 Å². The van der Waals surface area contributed by atoms with Gasteiger partial charge in [-0.15, -0.1) is 0 Å². The number of benzene rings is 1. The quantitative estimate of drug-likeness (QED) is 0.723. The van der Waals surface area contributed by atoms with Crippen LogP contribution in [-0.4, -0.2) is 22.2 Å². The average molecular weight is 217 g/mol. The highest BCUT2D eigenvalue weighted by atomic mass is 19.1. The van der Waals surface area contributed by atoms with Crippen LogP contribution in [0, 0.1) is 5.82 Å². The topological polar surface area (TPSA) is 53.4 Å². The van der Waals surface area contributed by atoms with Gasteiger partial charge in [-0.05, 0) is 18.2 Å². The zero-order valence-electron chi connectivity index (χ0n) is 8.34. The van der Waals surface area contributed by atoms with E-state index in [0.717, 1.165) is 0 Å². The van der Waals surface area contributed by atoms with Gasteiger partial charge in [0.15, 0.2) is 0 Å². The van der Waals surface area contributed by atoms with Gasteiger partial charge in [-0.3, -0.25) is 4.98 Å². The van der Waals surface area contributed by atoms with Crippen molar-refractivity contribution in [2.75, 3.05) is 0 Å². The molecule has 2 rings (SSSR count). The van der Waals surface area contributed by atoms with Crippen LogP contribution in [-0.2, 0) is 0 Å². The van der Waals surface area contributed by atoms with Gasteiger partial charge in [-0.2, -0.15) is 0 Å². The Hall–Kier alpha value is -1.72. The van der Waals surface area contributed by atoms with Crippen LogP contribution in [0.1, 0.15) is 0 Å².